The predicted octanol–water partition coefficient (Wildman–Crippen LogP) is 6.29. The molecule has 0 spiro atoms. The molecule has 5 nitrogen and oxygen atoms in total. The average Bonchev–Trinajstić information content (AvgIpc) is 3.02. The van der Waals surface area contributed by atoms with E-state index in [4.69, 9.17) is 0 Å². The van der Waals surface area contributed by atoms with E-state index in [1.165, 1.54) is 12.1 Å². The van der Waals surface area contributed by atoms with E-state index in [0.717, 1.165) is 73.2 Å². The molecule has 3 heterocycles. The molecule has 0 saturated carbocycles. The van der Waals surface area contributed by atoms with E-state index in [-0.39, 0.29) is 17.3 Å². The van der Waals surface area contributed by atoms with E-state index in [1.54, 1.807) is 6.07 Å². The molecule has 0 unspecified atom stereocenters. The molecule has 0 radical (unpaired) electrons. The number of para-hydroxylation sites is 1. The van der Waals surface area contributed by atoms with Crippen molar-refractivity contribution in [3.05, 3.63) is 77.0 Å². The lowest BCUT2D eigenvalue weighted by Gasteiger charge is -2.24. The maximum Gasteiger partial charge on any atom is 0.417 e. The Kier molecular flexibility index (Phi) is 6.47. The number of anilines is 2. The van der Waals surface area contributed by atoms with Crippen LogP contribution in [0.1, 0.15) is 48.9 Å². The number of hydrogen-bond acceptors (Lipinski definition) is 5. The summed E-state index contributed by atoms with van der Waals surface area (Å²) in [4.78, 5) is 9.28. The molecule has 1 fully saturated rings. The molecule has 0 atom stereocenters. The van der Waals surface area contributed by atoms with Gasteiger partial charge in [-0.05, 0) is 57.0 Å². The van der Waals surface area contributed by atoms with E-state index in [2.05, 4.69) is 32.8 Å². The molecule has 8 heteroatoms. The highest BCUT2D eigenvalue weighted by molar-refractivity contribution is 5.85. The number of piperidine rings is 1. The highest BCUT2D eigenvalue weighted by Gasteiger charge is 2.34. The maximum atomic E-state index is 13.8. The molecule has 5 rings (SSSR count). The number of fused-ring (bicyclic) bond motifs is 1. The zero-order chi connectivity index (χ0) is 24.4. The lowest BCUT2D eigenvalue weighted by molar-refractivity contribution is -0.137. The molecular formula is C27H28F3N5. The Morgan fingerprint density at radius 1 is 0.914 bits per heavy atom. The molecule has 1 aromatic heterocycles. The van der Waals surface area contributed by atoms with Gasteiger partial charge in [-0.25, -0.2) is 9.97 Å². The Labute approximate surface area is 202 Å². The van der Waals surface area contributed by atoms with Crippen molar-refractivity contribution in [2.45, 2.75) is 38.3 Å². The Hall–Kier alpha value is -3.39. The minimum absolute atomic E-state index is 0.00697. The number of halogens is 3. The van der Waals surface area contributed by atoms with Crippen molar-refractivity contribution in [3.8, 4) is 11.4 Å². The number of nitrogens with zero attached hydrogens (tertiary/aromatic N) is 2. The van der Waals surface area contributed by atoms with Gasteiger partial charge < -0.3 is 16.0 Å². The first-order valence-electron chi connectivity index (χ1n) is 12.0. The number of aromatic nitrogens is 2. The van der Waals surface area contributed by atoms with E-state index < -0.39 is 11.7 Å². The first-order chi connectivity index (χ1) is 16.9. The van der Waals surface area contributed by atoms with Gasteiger partial charge in [0, 0.05) is 46.7 Å². The smallest absolute Gasteiger partial charge is 0.384 e. The van der Waals surface area contributed by atoms with Crippen molar-refractivity contribution in [3.63, 3.8) is 0 Å². The van der Waals surface area contributed by atoms with Crippen LogP contribution in [0.2, 0.25) is 0 Å². The van der Waals surface area contributed by atoms with Crippen LogP contribution in [-0.2, 0) is 6.18 Å². The van der Waals surface area contributed by atoms with Crippen LogP contribution in [0.3, 0.4) is 0 Å². The quantitative estimate of drug-likeness (QED) is 0.411. The van der Waals surface area contributed by atoms with Crippen LogP contribution in [0.5, 0.6) is 0 Å². The minimum Gasteiger partial charge on any atom is -0.384 e. The summed E-state index contributed by atoms with van der Waals surface area (Å²) in [5.41, 5.74) is 4.15. The van der Waals surface area contributed by atoms with Gasteiger partial charge >= 0.3 is 6.18 Å². The zero-order valence-corrected chi connectivity index (χ0v) is 19.5. The summed E-state index contributed by atoms with van der Waals surface area (Å²) in [6.07, 6.45) is -1.90. The first kappa shape index (κ1) is 23.4. The van der Waals surface area contributed by atoms with Gasteiger partial charge in [-0.15, -0.1) is 0 Å². The molecule has 2 aliphatic rings. The Morgan fingerprint density at radius 2 is 1.63 bits per heavy atom. The molecule has 182 valence electrons. The van der Waals surface area contributed by atoms with Crippen LogP contribution < -0.4 is 16.0 Å². The number of alkyl halides is 3. The summed E-state index contributed by atoms with van der Waals surface area (Å²) in [5.74, 6) is 0.760. The topological polar surface area (TPSA) is 61.9 Å². The third kappa shape index (κ3) is 5.03. The molecule has 2 aromatic carbocycles. The monoisotopic (exact) mass is 479 g/mol. The average molecular weight is 480 g/mol. The molecule has 2 aliphatic heterocycles. The Balaban J connectivity index is 1.62. The van der Waals surface area contributed by atoms with Gasteiger partial charge in [-0.1, -0.05) is 36.4 Å². The lowest BCUT2D eigenvalue weighted by atomic mass is 9.94. The summed E-state index contributed by atoms with van der Waals surface area (Å²) in [5, 5.41) is 10.3. The largest absolute Gasteiger partial charge is 0.417 e. The molecule has 0 aliphatic carbocycles. The van der Waals surface area contributed by atoms with E-state index in [1.807, 2.05) is 30.3 Å². The second kappa shape index (κ2) is 9.70. The second-order valence-electron chi connectivity index (χ2n) is 9.07. The normalized spacial score (nSPS) is 16.9. The third-order valence-electron chi connectivity index (χ3n) is 6.67. The lowest BCUT2D eigenvalue weighted by Crippen LogP contribution is -2.27. The Morgan fingerprint density at radius 3 is 2.40 bits per heavy atom. The first-order valence-corrected chi connectivity index (χ1v) is 12.0. The number of rotatable bonds is 4. The fraction of sp³-hybridized carbons (Fsp3) is 0.333. The highest BCUT2D eigenvalue weighted by atomic mass is 19.4. The standard InChI is InChI=1S/C27H28F3N5/c1-17-10-15-32-22-9-5-3-7-20(22)25(17)34-24-16-23(18-11-13-31-14-12-18)33-26(35-24)19-6-2-4-8-21(19)27(28,29)30/h2-9,16,18,31-32H,10-15H2,1H3,(H,33,34,35). The van der Waals surface area contributed by atoms with Crippen LogP contribution in [0.15, 0.2) is 60.2 Å². The zero-order valence-electron chi connectivity index (χ0n) is 19.5. The van der Waals surface area contributed by atoms with Crippen molar-refractivity contribution in [1.29, 1.82) is 0 Å². The minimum atomic E-state index is -4.50. The molecule has 3 aromatic rings. The van der Waals surface area contributed by atoms with Gasteiger partial charge in [-0.2, -0.15) is 13.2 Å². The van der Waals surface area contributed by atoms with Crippen LogP contribution in [-0.4, -0.2) is 29.6 Å². The van der Waals surface area contributed by atoms with E-state index in [0.29, 0.717) is 5.82 Å². The molecule has 35 heavy (non-hydrogen) atoms. The van der Waals surface area contributed by atoms with Gasteiger partial charge in [-0.3, -0.25) is 0 Å². The van der Waals surface area contributed by atoms with Gasteiger partial charge in [0.25, 0.3) is 0 Å². The van der Waals surface area contributed by atoms with E-state index >= 15 is 0 Å². The summed E-state index contributed by atoms with van der Waals surface area (Å²) >= 11 is 0. The summed E-state index contributed by atoms with van der Waals surface area (Å²) in [6.45, 7) is 4.59. The van der Waals surface area contributed by atoms with Crippen LogP contribution in [0, 0.1) is 0 Å². The molecular weight excluding hydrogens is 451 g/mol. The molecule has 0 amide bonds. The fourth-order valence-corrected chi connectivity index (χ4v) is 4.80. The van der Waals surface area contributed by atoms with Gasteiger partial charge in [0.05, 0.1) is 5.56 Å². The van der Waals surface area contributed by atoms with Crippen molar-refractivity contribution in [1.82, 2.24) is 15.3 Å². The second-order valence-corrected chi connectivity index (χ2v) is 9.07. The third-order valence-corrected chi connectivity index (χ3v) is 6.67. The van der Waals surface area contributed by atoms with Crippen molar-refractivity contribution >= 4 is 17.2 Å². The van der Waals surface area contributed by atoms with Gasteiger partial charge in [0.15, 0.2) is 5.82 Å². The maximum absolute atomic E-state index is 13.8. The van der Waals surface area contributed by atoms with Crippen LogP contribution >= 0.6 is 0 Å². The Bertz CT molecular complexity index is 1250. The van der Waals surface area contributed by atoms with Crippen LogP contribution in [0.4, 0.5) is 24.7 Å². The summed E-state index contributed by atoms with van der Waals surface area (Å²) in [7, 11) is 0. The van der Waals surface area contributed by atoms with Crippen molar-refractivity contribution in [2.24, 2.45) is 0 Å². The van der Waals surface area contributed by atoms with Gasteiger partial charge in [0.2, 0.25) is 0 Å². The summed E-state index contributed by atoms with van der Waals surface area (Å²) < 4.78 is 41.5. The molecule has 0 bridgehead atoms. The number of nitrogens with one attached hydrogen (secondary N) is 3. The molecule has 1 saturated heterocycles. The molecule has 3 N–H and O–H groups in total. The highest BCUT2D eigenvalue weighted by Crippen LogP contribution is 2.38. The van der Waals surface area contributed by atoms with Gasteiger partial charge in [0.1, 0.15) is 5.82 Å². The van der Waals surface area contributed by atoms with Crippen LogP contribution in [0.25, 0.3) is 17.1 Å². The SMILES string of the molecule is CC1=C(Nc2cc(C3CCNCC3)nc(-c3ccccc3C(F)(F)F)n2)c2ccccc2NCC1. The predicted molar refractivity (Wildman–Crippen MR) is 133 cm³/mol. The number of benzene rings is 2. The van der Waals surface area contributed by atoms with Crippen molar-refractivity contribution < 1.29 is 13.2 Å². The number of hydrogen-bond donors (Lipinski definition) is 3. The summed E-state index contributed by atoms with van der Waals surface area (Å²) in [6, 6.07) is 15.4. The van der Waals surface area contributed by atoms with E-state index in [9.17, 15) is 13.2 Å². The fourth-order valence-electron chi connectivity index (χ4n) is 4.80. The van der Waals surface area contributed by atoms with Crippen molar-refractivity contribution in [2.75, 3.05) is 30.3 Å².